The number of hydrogen-bond acceptors (Lipinski definition) is 3. The van der Waals surface area contributed by atoms with Crippen LogP contribution in [-0.2, 0) is 6.54 Å². The van der Waals surface area contributed by atoms with E-state index in [2.05, 4.69) is 10.2 Å². The van der Waals surface area contributed by atoms with Gasteiger partial charge in [-0.1, -0.05) is 35.3 Å². The normalized spacial score (nSPS) is 13.9. The van der Waals surface area contributed by atoms with E-state index in [1.54, 1.807) is 35.1 Å². The molecule has 1 fully saturated rings. The number of hydrogen-bond donors (Lipinski definition) is 0. The molecule has 0 radical (unpaired) electrons. The molecule has 1 aliphatic rings. The highest BCUT2D eigenvalue weighted by molar-refractivity contribution is 6.31. The third-order valence-electron chi connectivity index (χ3n) is 5.10. The van der Waals surface area contributed by atoms with Gasteiger partial charge >= 0.3 is 0 Å². The van der Waals surface area contributed by atoms with Crippen molar-refractivity contribution in [2.24, 2.45) is 0 Å². The van der Waals surface area contributed by atoms with Crippen LogP contribution in [0.15, 0.2) is 53.5 Å². The molecule has 29 heavy (non-hydrogen) atoms. The first-order valence-electron chi connectivity index (χ1n) is 9.20. The molecule has 146 valence electrons. The summed E-state index contributed by atoms with van der Waals surface area (Å²) in [6, 6.07) is 11.6. The summed E-state index contributed by atoms with van der Waals surface area (Å²) < 4.78 is 17.2. The van der Waals surface area contributed by atoms with Gasteiger partial charge in [-0.3, -0.25) is 4.79 Å². The molecule has 0 spiro atoms. The number of rotatable bonds is 4. The van der Waals surface area contributed by atoms with E-state index in [9.17, 15) is 9.18 Å². The largest absolute Gasteiger partial charge is 0.293 e. The molecule has 2 heterocycles. The summed E-state index contributed by atoms with van der Waals surface area (Å²) in [5.74, 6) is -0.194. The van der Waals surface area contributed by atoms with Gasteiger partial charge in [0.15, 0.2) is 0 Å². The molecular formula is C21H15Cl2FN4O. The second kappa shape index (κ2) is 6.97. The van der Waals surface area contributed by atoms with Crippen molar-refractivity contribution in [1.82, 2.24) is 19.6 Å². The Morgan fingerprint density at radius 3 is 2.66 bits per heavy atom. The average Bonchev–Trinajstić information content (AvgIpc) is 3.44. The van der Waals surface area contributed by atoms with E-state index in [1.807, 2.05) is 6.07 Å². The molecule has 0 unspecified atom stereocenters. The monoisotopic (exact) mass is 428 g/mol. The molecule has 8 heteroatoms. The van der Waals surface area contributed by atoms with Crippen molar-refractivity contribution in [2.45, 2.75) is 25.3 Å². The van der Waals surface area contributed by atoms with Gasteiger partial charge in [-0.2, -0.15) is 10.2 Å². The predicted octanol–water partition coefficient (Wildman–Crippen LogP) is 4.95. The molecule has 2 aromatic heterocycles. The van der Waals surface area contributed by atoms with Crippen LogP contribution < -0.4 is 5.56 Å². The lowest BCUT2D eigenvalue weighted by atomic mass is 10.2. The zero-order valence-corrected chi connectivity index (χ0v) is 16.7. The number of nitrogens with zero attached hydrogens (tertiary/aromatic N) is 4. The third kappa shape index (κ3) is 3.22. The summed E-state index contributed by atoms with van der Waals surface area (Å²) in [6.07, 6.45) is 3.67. The van der Waals surface area contributed by atoms with Crippen molar-refractivity contribution in [3.63, 3.8) is 0 Å². The molecule has 0 aliphatic heterocycles. The van der Waals surface area contributed by atoms with Crippen LogP contribution in [0.1, 0.15) is 30.0 Å². The van der Waals surface area contributed by atoms with E-state index in [-0.39, 0.29) is 28.6 Å². The molecule has 0 N–H and O–H groups in total. The lowest BCUT2D eigenvalue weighted by Crippen LogP contribution is -2.27. The van der Waals surface area contributed by atoms with E-state index < -0.39 is 5.82 Å². The van der Waals surface area contributed by atoms with Gasteiger partial charge in [0.1, 0.15) is 11.3 Å². The van der Waals surface area contributed by atoms with Gasteiger partial charge in [-0.05, 0) is 43.2 Å². The Morgan fingerprint density at radius 2 is 1.93 bits per heavy atom. The van der Waals surface area contributed by atoms with Crippen LogP contribution in [0.25, 0.3) is 16.6 Å². The minimum absolute atomic E-state index is 0.0548. The topological polar surface area (TPSA) is 52.7 Å². The van der Waals surface area contributed by atoms with Crippen molar-refractivity contribution in [1.29, 1.82) is 0 Å². The molecule has 0 amide bonds. The second-order valence-electron chi connectivity index (χ2n) is 7.12. The average molecular weight is 429 g/mol. The van der Waals surface area contributed by atoms with E-state index in [4.69, 9.17) is 23.2 Å². The zero-order chi connectivity index (χ0) is 20.1. The van der Waals surface area contributed by atoms with Crippen molar-refractivity contribution < 1.29 is 4.39 Å². The Kier molecular flexibility index (Phi) is 4.41. The number of aromatic nitrogens is 4. The van der Waals surface area contributed by atoms with Crippen LogP contribution in [0, 0.1) is 5.82 Å². The number of fused-ring (bicyclic) bond motifs is 1. The van der Waals surface area contributed by atoms with E-state index in [0.717, 1.165) is 18.5 Å². The van der Waals surface area contributed by atoms with Gasteiger partial charge in [0, 0.05) is 26.9 Å². The van der Waals surface area contributed by atoms with Crippen LogP contribution in [0.4, 0.5) is 4.39 Å². The Hall–Kier alpha value is -2.70. The van der Waals surface area contributed by atoms with Crippen LogP contribution >= 0.6 is 23.2 Å². The smallest absolute Gasteiger partial charge is 0.265 e. The lowest BCUT2D eigenvalue weighted by molar-refractivity contribution is 0.569. The predicted molar refractivity (Wildman–Crippen MR) is 111 cm³/mol. The lowest BCUT2D eigenvalue weighted by Gasteiger charge is -2.11. The van der Waals surface area contributed by atoms with Crippen molar-refractivity contribution in [2.75, 3.05) is 0 Å². The molecule has 2 aromatic carbocycles. The molecule has 0 bridgehead atoms. The summed E-state index contributed by atoms with van der Waals surface area (Å²) in [5.41, 5.74) is 1.75. The fraction of sp³-hybridized carbons (Fsp3) is 0.190. The zero-order valence-electron chi connectivity index (χ0n) is 15.1. The van der Waals surface area contributed by atoms with Gasteiger partial charge in [0.2, 0.25) is 0 Å². The Balaban J connectivity index is 1.74. The fourth-order valence-electron chi connectivity index (χ4n) is 3.50. The Bertz CT molecular complexity index is 1290. The number of benzene rings is 2. The summed E-state index contributed by atoms with van der Waals surface area (Å²) in [6.45, 7) is -0.0548. The minimum atomic E-state index is -0.470. The first-order valence-corrected chi connectivity index (χ1v) is 9.96. The Labute approximate surface area is 175 Å². The minimum Gasteiger partial charge on any atom is -0.265 e. The molecule has 0 saturated heterocycles. The van der Waals surface area contributed by atoms with Crippen molar-refractivity contribution >= 4 is 34.1 Å². The molecule has 1 aliphatic carbocycles. The molecule has 5 nitrogen and oxygen atoms in total. The van der Waals surface area contributed by atoms with Gasteiger partial charge in [-0.25, -0.2) is 13.8 Å². The second-order valence-corrected chi connectivity index (χ2v) is 7.96. The maximum atomic E-state index is 14.3. The van der Waals surface area contributed by atoms with E-state index in [1.165, 1.54) is 16.8 Å². The highest BCUT2D eigenvalue weighted by Crippen LogP contribution is 2.41. The molecule has 1 saturated carbocycles. The quantitative estimate of drug-likeness (QED) is 0.461. The van der Waals surface area contributed by atoms with E-state index >= 15 is 0 Å². The van der Waals surface area contributed by atoms with Gasteiger partial charge in [0.25, 0.3) is 5.56 Å². The van der Waals surface area contributed by atoms with Crippen LogP contribution in [-0.4, -0.2) is 19.6 Å². The van der Waals surface area contributed by atoms with Gasteiger partial charge < -0.3 is 0 Å². The summed E-state index contributed by atoms with van der Waals surface area (Å²) in [7, 11) is 0. The molecule has 4 aromatic rings. The maximum absolute atomic E-state index is 14.3. The first-order chi connectivity index (χ1) is 14.0. The molecular weight excluding hydrogens is 414 g/mol. The van der Waals surface area contributed by atoms with Gasteiger partial charge in [-0.15, -0.1) is 0 Å². The third-order valence-corrected chi connectivity index (χ3v) is 5.69. The van der Waals surface area contributed by atoms with Crippen LogP contribution in [0.3, 0.4) is 0 Å². The Morgan fingerprint density at radius 1 is 1.14 bits per heavy atom. The fourth-order valence-corrected chi connectivity index (χ4v) is 3.90. The number of halogens is 3. The first kappa shape index (κ1) is 18.3. The highest BCUT2D eigenvalue weighted by Gasteiger charge is 2.30. The SMILES string of the molecule is O=c1c2c(cnn2-c2cccc(Cl)c2)c(C2CC2)nn1Cc1c(F)cccc1Cl. The van der Waals surface area contributed by atoms with Gasteiger partial charge in [0.05, 0.1) is 24.1 Å². The maximum Gasteiger partial charge on any atom is 0.293 e. The van der Waals surface area contributed by atoms with Crippen molar-refractivity contribution in [3.8, 4) is 5.69 Å². The van der Waals surface area contributed by atoms with E-state index in [0.29, 0.717) is 21.6 Å². The standard InChI is InChI=1S/C21H15Cl2FN4O/c22-13-3-1-4-14(9-13)28-20-15(10-25-28)19(12-7-8-12)26-27(21(20)29)11-16-17(23)5-2-6-18(16)24/h1-6,9-10,12H,7-8,11H2. The molecule has 0 atom stereocenters. The van der Waals surface area contributed by atoms with Crippen LogP contribution in [0.2, 0.25) is 10.0 Å². The van der Waals surface area contributed by atoms with Crippen molar-refractivity contribution in [3.05, 3.63) is 86.1 Å². The summed E-state index contributed by atoms with van der Waals surface area (Å²) in [4.78, 5) is 13.3. The summed E-state index contributed by atoms with van der Waals surface area (Å²) >= 11 is 12.3. The van der Waals surface area contributed by atoms with Crippen LogP contribution in [0.5, 0.6) is 0 Å². The molecule has 5 rings (SSSR count). The summed E-state index contributed by atoms with van der Waals surface area (Å²) in [5, 5.41) is 10.5. The highest BCUT2D eigenvalue weighted by atomic mass is 35.5.